The molecule has 1 aromatic heterocycles. The van der Waals surface area contributed by atoms with Crippen molar-refractivity contribution in [2.75, 3.05) is 0 Å². The number of hydrogen-bond donors (Lipinski definition) is 0. The Hall–Kier alpha value is -2.12. The summed E-state index contributed by atoms with van der Waals surface area (Å²) in [4.78, 5) is 0. The number of nitrogens with zero attached hydrogens (tertiary/aromatic N) is 3. The highest BCUT2D eigenvalue weighted by atomic mass is 35.5. The molecule has 0 amide bonds. The minimum Gasteiger partial charge on any atom is -0.484 e. The summed E-state index contributed by atoms with van der Waals surface area (Å²) in [6.45, 7) is 2.11. The first-order chi connectivity index (χ1) is 12.5. The fourth-order valence-corrected chi connectivity index (χ4v) is 3.41. The van der Waals surface area contributed by atoms with Crippen LogP contribution in [0.25, 0.3) is 0 Å². The highest BCUT2D eigenvalue weighted by Gasteiger charge is 2.16. The van der Waals surface area contributed by atoms with Crippen molar-refractivity contribution < 1.29 is 13.5 Å². The van der Waals surface area contributed by atoms with Crippen LogP contribution >= 0.6 is 23.4 Å². The molecule has 1 atom stereocenters. The van der Waals surface area contributed by atoms with E-state index in [9.17, 15) is 8.78 Å². The molecule has 1 heterocycles. The van der Waals surface area contributed by atoms with E-state index in [0.29, 0.717) is 27.3 Å². The topological polar surface area (TPSA) is 39.9 Å². The Balaban J connectivity index is 1.68. The third kappa shape index (κ3) is 4.16. The van der Waals surface area contributed by atoms with Gasteiger partial charge < -0.3 is 9.30 Å². The molecule has 0 saturated carbocycles. The molecule has 26 heavy (non-hydrogen) atoms. The zero-order chi connectivity index (χ0) is 18.7. The molecule has 0 saturated heterocycles. The zero-order valence-corrected chi connectivity index (χ0v) is 15.7. The van der Waals surface area contributed by atoms with Gasteiger partial charge in [-0.05, 0) is 36.8 Å². The van der Waals surface area contributed by atoms with Crippen molar-refractivity contribution in [3.63, 3.8) is 0 Å². The number of thioether (sulfide) groups is 1. The second-order valence-corrected chi connectivity index (χ2v) is 7.33. The second kappa shape index (κ2) is 8.05. The van der Waals surface area contributed by atoms with Crippen LogP contribution in [0.15, 0.2) is 47.6 Å². The summed E-state index contributed by atoms with van der Waals surface area (Å²) in [5.41, 5.74) is 0.672. The molecule has 3 aromatic rings. The number of rotatable bonds is 6. The first kappa shape index (κ1) is 18.7. The Kier molecular flexibility index (Phi) is 5.78. The minimum absolute atomic E-state index is 0.120. The SMILES string of the molecule is CC(Sc1nnc(COc2ccccc2Cl)n1C)c1ccc(F)c(F)c1. The van der Waals surface area contributed by atoms with E-state index < -0.39 is 11.6 Å². The normalized spacial score (nSPS) is 12.2. The van der Waals surface area contributed by atoms with Crippen LogP contribution in [0.3, 0.4) is 0 Å². The Morgan fingerprint density at radius 2 is 1.92 bits per heavy atom. The average molecular weight is 396 g/mol. The quantitative estimate of drug-likeness (QED) is 0.539. The molecule has 0 fully saturated rings. The van der Waals surface area contributed by atoms with Crippen molar-refractivity contribution in [1.82, 2.24) is 14.8 Å². The van der Waals surface area contributed by atoms with Gasteiger partial charge in [-0.1, -0.05) is 41.6 Å². The van der Waals surface area contributed by atoms with Gasteiger partial charge in [0.25, 0.3) is 0 Å². The summed E-state index contributed by atoms with van der Waals surface area (Å²) >= 11 is 7.47. The summed E-state index contributed by atoms with van der Waals surface area (Å²) < 4.78 is 34.0. The van der Waals surface area contributed by atoms with E-state index in [0.717, 1.165) is 6.07 Å². The van der Waals surface area contributed by atoms with Crippen LogP contribution in [0.1, 0.15) is 23.6 Å². The van der Waals surface area contributed by atoms with Crippen LogP contribution in [0.2, 0.25) is 5.02 Å². The van der Waals surface area contributed by atoms with Gasteiger partial charge in [-0.3, -0.25) is 0 Å². The summed E-state index contributed by atoms with van der Waals surface area (Å²) in [6, 6.07) is 11.1. The Labute approximate surface area is 159 Å². The van der Waals surface area contributed by atoms with Crippen molar-refractivity contribution in [3.8, 4) is 5.75 Å². The summed E-state index contributed by atoms with van der Waals surface area (Å²) in [6.07, 6.45) is 0. The monoisotopic (exact) mass is 395 g/mol. The first-order valence-electron chi connectivity index (χ1n) is 7.83. The molecular weight excluding hydrogens is 380 g/mol. The molecule has 8 heteroatoms. The molecule has 2 aromatic carbocycles. The van der Waals surface area contributed by atoms with E-state index >= 15 is 0 Å². The third-order valence-electron chi connectivity index (χ3n) is 3.81. The highest BCUT2D eigenvalue weighted by molar-refractivity contribution is 7.99. The number of benzene rings is 2. The van der Waals surface area contributed by atoms with E-state index in [2.05, 4.69) is 10.2 Å². The van der Waals surface area contributed by atoms with Gasteiger partial charge in [0, 0.05) is 12.3 Å². The molecular formula is C18H16ClF2N3OS. The number of para-hydroxylation sites is 1. The molecule has 0 N–H and O–H groups in total. The van der Waals surface area contributed by atoms with Crippen LogP contribution in [0, 0.1) is 11.6 Å². The van der Waals surface area contributed by atoms with Gasteiger partial charge in [0.05, 0.1) is 5.02 Å². The number of hydrogen-bond acceptors (Lipinski definition) is 4. The molecule has 0 bridgehead atoms. The van der Waals surface area contributed by atoms with Gasteiger partial charge in [-0.15, -0.1) is 10.2 Å². The lowest BCUT2D eigenvalue weighted by Gasteiger charge is -2.12. The van der Waals surface area contributed by atoms with Gasteiger partial charge >= 0.3 is 0 Å². The van der Waals surface area contributed by atoms with E-state index in [1.165, 1.54) is 17.8 Å². The molecule has 0 aliphatic heterocycles. The lowest BCUT2D eigenvalue weighted by atomic mass is 10.1. The molecule has 0 aliphatic rings. The predicted molar refractivity (Wildman–Crippen MR) is 97.4 cm³/mol. The van der Waals surface area contributed by atoms with Crippen molar-refractivity contribution >= 4 is 23.4 Å². The predicted octanol–water partition coefficient (Wildman–Crippen LogP) is 5.18. The minimum atomic E-state index is -0.859. The van der Waals surface area contributed by atoms with Gasteiger partial charge in [0.2, 0.25) is 0 Å². The maximum absolute atomic E-state index is 13.4. The number of halogens is 3. The van der Waals surface area contributed by atoms with E-state index in [1.54, 1.807) is 22.8 Å². The summed E-state index contributed by atoms with van der Waals surface area (Å²) in [5, 5.41) is 9.34. The Morgan fingerprint density at radius 3 is 2.65 bits per heavy atom. The first-order valence-corrected chi connectivity index (χ1v) is 9.08. The fraction of sp³-hybridized carbons (Fsp3) is 0.222. The maximum Gasteiger partial charge on any atom is 0.191 e. The molecule has 1 unspecified atom stereocenters. The zero-order valence-electron chi connectivity index (χ0n) is 14.1. The molecule has 3 rings (SSSR count). The van der Waals surface area contributed by atoms with Crippen LogP contribution in [-0.4, -0.2) is 14.8 Å². The number of ether oxygens (including phenoxy) is 1. The fourth-order valence-electron chi connectivity index (χ4n) is 2.27. The molecule has 0 aliphatic carbocycles. The summed E-state index contributed by atoms with van der Waals surface area (Å²) in [7, 11) is 1.82. The third-order valence-corrected chi connectivity index (χ3v) is 5.32. The van der Waals surface area contributed by atoms with Gasteiger partial charge in [0.1, 0.15) is 12.4 Å². The van der Waals surface area contributed by atoms with Gasteiger partial charge in [-0.2, -0.15) is 0 Å². The smallest absolute Gasteiger partial charge is 0.191 e. The van der Waals surface area contributed by atoms with Crippen molar-refractivity contribution in [2.45, 2.75) is 23.9 Å². The van der Waals surface area contributed by atoms with Crippen LogP contribution in [0.5, 0.6) is 5.75 Å². The van der Waals surface area contributed by atoms with Gasteiger partial charge in [-0.25, -0.2) is 8.78 Å². The van der Waals surface area contributed by atoms with Crippen LogP contribution < -0.4 is 4.74 Å². The van der Waals surface area contributed by atoms with E-state index in [4.69, 9.17) is 16.3 Å². The van der Waals surface area contributed by atoms with E-state index in [1.807, 2.05) is 26.1 Å². The van der Waals surface area contributed by atoms with Crippen LogP contribution in [-0.2, 0) is 13.7 Å². The second-order valence-electron chi connectivity index (χ2n) is 5.61. The lowest BCUT2D eigenvalue weighted by Crippen LogP contribution is -2.05. The van der Waals surface area contributed by atoms with Crippen molar-refractivity contribution in [3.05, 3.63) is 70.5 Å². The maximum atomic E-state index is 13.4. The molecule has 4 nitrogen and oxygen atoms in total. The van der Waals surface area contributed by atoms with Crippen molar-refractivity contribution in [1.29, 1.82) is 0 Å². The molecule has 0 spiro atoms. The Bertz CT molecular complexity index is 919. The lowest BCUT2D eigenvalue weighted by molar-refractivity contribution is 0.290. The summed E-state index contributed by atoms with van der Waals surface area (Å²) in [5.74, 6) is -0.517. The average Bonchev–Trinajstić information content (AvgIpc) is 2.96. The Morgan fingerprint density at radius 1 is 1.15 bits per heavy atom. The van der Waals surface area contributed by atoms with Crippen LogP contribution in [0.4, 0.5) is 8.78 Å². The largest absolute Gasteiger partial charge is 0.484 e. The molecule has 136 valence electrons. The standard InChI is InChI=1S/C18H16ClF2N3OS/c1-11(12-7-8-14(20)15(21)9-12)26-18-23-22-17(24(18)2)10-25-16-6-4-3-5-13(16)19/h3-9,11H,10H2,1-2H3. The molecule has 0 radical (unpaired) electrons. The highest BCUT2D eigenvalue weighted by Crippen LogP contribution is 2.34. The van der Waals surface area contributed by atoms with E-state index in [-0.39, 0.29) is 11.9 Å². The van der Waals surface area contributed by atoms with Crippen molar-refractivity contribution in [2.24, 2.45) is 7.05 Å². The number of aromatic nitrogens is 3. The van der Waals surface area contributed by atoms with Gasteiger partial charge in [0.15, 0.2) is 22.6 Å².